The van der Waals surface area contributed by atoms with Gasteiger partial charge in [-0.1, -0.05) is 12.1 Å². The van der Waals surface area contributed by atoms with Crippen LogP contribution in [0.4, 0.5) is 0 Å². The molecule has 2 unspecified atom stereocenters. The summed E-state index contributed by atoms with van der Waals surface area (Å²) in [6, 6.07) is 5.60. The summed E-state index contributed by atoms with van der Waals surface area (Å²) >= 11 is 0. The summed E-state index contributed by atoms with van der Waals surface area (Å²) in [5.74, 6) is 0.398. The van der Waals surface area contributed by atoms with Crippen molar-refractivity contribution in [1.82, 2.24) is 10.3 Å². The lowest BCUT2D eigenvalue weighted by Crippen LogP contribution is -2.22. The third-order valence-electron chi connectivity index (χ3n) is 4.88. The van der Waals surface area contributed by atoms with E-state index in [4.69, 9.17) is 0 Å². The zero-order valence-electron chi connectivity index (χ0n) is 14.7. The highest BCUT2D eigenvalue weighted by Crippen LogP contribution is 2.29. The number of sulfone groups is 1. The molecule has 1 aliphatic heterocycles. The van der Waals surface area contributed by atoms with Gasteiger partial charge in [-0.15, -0.1) is 0 Å². The molecule has 5 nitrogen and oxygen atoms in total. The fourth-order valence-electron chi connectivity index (χ4n) is 3.66. The van der Waals surface area contributed by atoms with E-state index in [2.05, 4.69) is 10.3 Å². The van der Waals surface area contributed by atoms with Crippen molar-refractivity contribution in [2.24, 2.45) is 5.92 Å². The fourth-order valence-corrected chi connectivity index (χ4v) is 5.59. The van der Waals surface area contributed by atoms with Gasteiger partial charge in [0.25, 0.3) is 0 Å². The van der Waals surface area contributed by atoms with Crippen LogP contribution in [0.2, 0.25) is 0 Å². The minimum absolute atomic E-state index is 0.0827. The number of carbonyl (C=O) groups excluding carboxylic acids is 1. The zero-order chi connectivity index (χ0) is 18.0. The van der Waals surface area contributed by atoms with Gasteiger partial charge in [0, 0.05) is 35.6 Å². The Labute approximate surface area is 148 Å². The summed E-state index contributed by atoms with van der Waals surface area (Å²) in [6.45, 7) is 4.17. The highest BCUT2D eigenvalue weighted by molar-refractivity contribution is 7.91. The molecule has 1 aliphatic rings. The molecule has 3 rings (SSSR count). The molecule has 0 amide bonds. The number of pyridine rings is 1. The standard InChI is InChI=1S/C19H24N2O3S/c1-13-9-20-11-16-4-3-5-18(19(13)16)25(23,24)12-15-8-17(21-10-15)7-6-14(2)22/h3-5,9,11,15,17,21H,6-8,10,12H2,1-2H3. The minimum Gasteiger partial charge on any atom is -0.314 e. The van der Waals surface area contributed by atoms with E-state index in [0.29, 0.717) is 17.9 Å². The topological polar surface area (TPSA) is 76.1 Å². The summed E-state index contributed by atoms with van der Waals surface area (Å²) in [7, 11) is -3.38. The zero-order valence-corrected chi connectivity index (χ0v) is 15.5. The van der Waals surface area contributed by atoms with Crippen molar-refractivity contribution in [1.29, 1.82) is 0 Å². The Morgan fingerprint density at radius 3 is 2.88 bits per heavy atom. The number of nitrogens with one attached hydrogen (secondary N) is 1. The van der Waals surface area contributed by atoms with E-state index in [-0.39, 0.29) is 23.5 Å². The van der Waals surface area contributed by atoms with Crippen LogP contribution >= 0.6 is 0 Å². The number of aryl methyl sites for hydroxylation is 1. The number of benzene rings is 1. The smallest absolute Gasteiger partial charge is 0.179 e. The van der Waals surface area contributed by atoms with Crippen LogP contribution in [0.1, 0.15) is 31.7 Å². The maximum absolute atomic E-state index is 13.0. The molecule has 0 saturated carbocycles. The van der Waals surface area contributed by atoms with E-state index in [0.717, 1.165) is 29.2 Å². The SMILES string of the molecule is CC(=O)CCC1CC(CS(=O)(=O)c2cccc3cncc(C)c23)CN1. The molecule has 2 atom stereocenters. The molecule has 25 heavy (non-hydrogen) atoms. The van der Waals surface area contributed by atoms with Gasteiger partial charge in [-0.3, -0.25) is 4.98 Å². The van der Waals surface area contributed by atoms with Gasteiger partial charge in [-0.05, 0) is 50.8 Å². The molecule has 1 aromatic heterocycles. The van der Waals surface area contributed by atoms with Gasteiger partial charge in [0.2, 0.25) is 0 Å². The molecule has 0 spiro atoms. The lowest BCUT2D eigenvalue weighted by atomic mass is 10.0. The predicted molar refractivity (Wildman–Crippen MR) is 98.3 cm³/mol. The third kappa shape index (κ3) is 4.07. The second kappa shape index (κ2) is 7.22. The van der Waals surface area contributed by atoms with Crippen molar-refractivity contribution in [3.05, 3.63) is 36.2 Å². The van der Waals surface area contributed by atoms with Gasteiger partial charge in [0.05, 0.1) is 10.6 Å². The quantitative estimate of drug-likeness (QED) is 0.857. The van der Waals surface area contributed by atoms with E-state index in [1.54, 1.807) is 31.5 Å². The van der Waals surface area contributed by atoms with E-state index in [1.165, 1.54) is 0 Å². The van der Waals surface area contributed by atoms with Crippen LogP contribution in [-0.2, 0) is 14.6 Å². The number of hydrogen-bond donors (Lipinski definition) is 1. The molecule has 2 aromatic rings. The first-order valence-corrected chi connectivity index (χ1v) is 10.3. The first kappa shape index (κ1) is 18.0. The van der Waals surface area contributed by atoms with Gasteiger partial charge in [0.15, 0.2) is 9.84 Å². The van der Waals surface area contributed by atoms with Crippen molar-refractivity contribution >= 4 is 26.4 Å². The lowest BCUT2D eigenvalue weighted by Gasteiger charge is -2.13. The average molecular weight is 360 g/mol. The largest absolute Gasteiger partial charge is 0.314 e. The van der Waals surface area contributed by atoms with Crippen molar-refractivity contribution in [2.75, 3.05) is 12.3 Å². The molecule has 6 heteroatoms. The van der Waals surface area contributed by atoms with Gasteiger partial charge >= 0.3 is 0 Å². The van der Waals surface area contributed by atoms with Gasteiger partial charge in [0.1, 0.15) is 5.78 Å². The number of fused-ring (bicyclic) bond motifs is 1. The Morgan fingerprint density at radius 1 is 1.32 bits per heavy atom. The molecular weight excluding hydrogens is 336 g/mol. The second-order valence-electron chi connectivity index (χ2n) is 7.04. The van der Waals surface area contributed by atoms with Gasteiger partial charge in [-0.25, -0.2) is 8.42 Å². The monoisotopic (exact) mass is 360 g/mol. The second-order valence-corrected chi connectivity index (χ2v) is 9.04. The number of hydrogen-bond acceptors (Lipinski definition) is 5. The van der Waals surface area contributed by atoms with Crippen molar-refractivity contribution in [3.8, 4) is 0 Å². The summed E-state index contributed by atoms with van der Waals surface area (Å²) in [5, 5.41) is 4.98. The number of nitrogens with zero attached hydrogens (tertiary/aromatic N) is 1. The first-order chi connectivity index (χ1) is 11.9. The Morgan fingerprint density at radius 2 is 2.12 bits per heavy atom. The summed E-state index contributed by atoms with van der Waals surface area (Å²) in [4.78, 5) is 15.7. The van der Waals surface area contributed by atoms with Crippen molar-refractivity contribution < 1.29 is 13.2 Å². The van der Waals surface area contributed by atoms with Crippen LogP contribution in [0.3, 0.4) is 0 Å². The predicted octanol–water partition coefficient (Wildman–Crippen LogP) is 2.66. The average Bonchev–Trinajstić information content (AvgIpc) is 2.99. The highest BCUT2D eigenvalue weighted by atomic mass is 32.2. The molecule has 1 aromatic carbocycles. The molecule has 0 radical (unpaired) electrons. The molecule has 0 aliphatic carbocycles. The maximum atomic E-state index is 13.0. The van der Waals surface area contributed by atoms with Crippen LogP contribution in [0.25, 0.3) is 10.8 Å². The van der Waals surface area contributed by atoms with Crippen LogP contribution in [0, 0.1) is 12.8 Å². The number of Topliss-reactive ketones (excluding diaryl/α,β-unsaturated/α-hetero) is 1. The van der Waals surface area contributed by atoms with E-state index < -0.39 is 9.84 Å². The molecule has 0 bridgehead atoms. The fraction of sp³-hybridized carbons (Fsp3) is 0.474. The summed E-state index contributed by atoms with van der Waals surface area (Å²) in [5.41, 5.74) is 0.876. The molecule has 1 N–H and O–H groups in total. The van der Waals surface area contributed by atoms with Gasteiger partial charge < -0.3 is 10.1 Å². The van der Waals surface area contributed by atoms with Crippen LogP contribution < -0.4 is 5.32 Å². The van der Waals surface area contributed by atoms with Gasteiger partial charge in [-0.2, -0.15) is 0 Å². The van der Waals surface area contributed by atoms with Crippen LogP contribution in [0.15, 0.2) is 35.5 Å². The molecular formula is C19H24N2O3S. The van der Waals surface area contributed by atoms with E-state index in [9.17, 15) is 13.2 Å². The first-order valence-electron chi connectivity index (χ1n) is 8.66. The summed E-state index contributed by atoms with van der Waals surface area (Å²) < 4.78 is 26.0. The number of carbonyl (C=O) groups is 1. The minimum atomic E-state index is -3.38. The molecule has 134 valence electrons. The number of ketones is 1. The molecule has 1 saturated heterocycles. The van der Waals surface area contributed by atoms with Crippen LogP contribution in [-0.4, -0.2) is 37.5 Å². The highest BCUT2D eigenvalue weighted by Gasteiger charge is 2.30. The number of rotatable bonds is 6. The maximum Gasteiger partial charge on any atom is 0.179 e. The molecule has 2 heterocycles. The summed E-state index contributed by atoms with van der Waals surface area (Å²) in [6.07, 6.45) is 5.54. The van der Waals surface area contributed by atoms with E-state index in [1.807, 2.05) is 13.0 Å². The number of aromatic nitrogens is 1. The lowest BCUT2D eigenvalue weighted by molar-refractivity contribution is -0.117. The Hall–Kier alpha value is -1.79. The molecule has 1 fully saturated rings. The Bertz CT molecular complexity index is 887. The Balaban J connectivity index is 1.79. The van der Waals surface area contributed by atoms with E-state index >= 15 is 0 Å². The van der Waals surface area contributed by atoms with Crippen molar-refractivity contribution in [2.45, 2.75) is 44.0 Å². The van der Waals surface area contributed by atoms with Crippen LogP contribution in [0.5, 0.6) is 0 Å². The normalized spacial score (nSPS) is 20.9. The van der Waals surface area contributed by atoms with Crippen molar-refractivity contribution in [3.63, 3.8) is 0 Å². The Kier molecular flexibility index (Phi) is 5.20. The third-order valence-corrected chi connectivity index (χ3v) is 6.80.